The number of anilines is 1. The van der Waals surface area contributed by atoms with Gasteiger partial charge >= 0.3 is 0 Å². The molecule has 31 heavy (non-hydrogen) atoms. The number of aromatic nitrogens is 1. The molecule has 1 heterocycles. The topological polar surface area (TPSA) is 94.9 Å². The third-order valence-corrected chi connectivity index (χ3v) is 4.81. The van der Waals surface area contributed by atoms with E-state index >= 15 is 0 Å². The van der Waals surface area contributed by atoms with Crippen molar-refractivity contribution >= 4 is 46.8 Å². The average molecular weight is 451 g/mol. The molecule has 0 aliphatic carbocycles. The number of hydrogen-bond donors (Lipinski definition) is 2. The van der Waals surface area contributed by atoms with Crippen molar-refractivity contribution in [3.63, 3.8) is 0 Å². The van der Waals surface area contributed by atoms with Crippen LogP contribution in [-0.2, 0) is 11.3 Å². The van der Waals surface area contributed by atoms with E-state index in [1.807, 2.05) is 6.07 Å². The third-order valence-electron chi connectivity index (χ3n) is 4.22. The number of amides is 2. The van der Waals surface area contributed by atoms with E-state index in [-0.39, 0.29) is 18.0 Å². The second-order valence-electron chi connectivity index (χ2n) is 6.41. The molecule has 6 nitrogen and oxygen atoms in total. The number of benzene rings is 2. The van der Waals surface area contributed by atoms with Gasteiger partial charge in [0.2, 0.25) is 0 Å². The molecule has 0 atom stereocenters. The van der Waals surface area contributed by atoms with Crippen LogP contribution in [0.3, 0.4) is 0 Å². The highest BCUT2D eigenvalue weighted by molar-refractivity contribution is 6.35. The van der Waals surface area contributed by atoms with Crippen LogP contribution in [0.5, 0.6) is 0 Å². The van der Waals surface area contributed by atoms with Crippen molar-refractivity contribution in [3.05, 3.63) is 99.3 Å². The zero-order valence-corrected chi connectivity index (χ0v) is 17.6. The van der Waals surface area contributed by atoms with Crippen LogP contribution >= 0.6 is 23.2 Å². The number of nitrogens with zero attached hydrogens (tertiary/aromatic N) is 2. The van der Waals surface area contributed by atoms with E-state index in [0.717, 1.165) is 5.56 Å². The predicted octanol–water partition coefficient (Wildman–Crippen LogP) is 4.86. The molecule has 154 valence electrons. The van der Waals surface area contributed by atoms with Gasteiger partial charge < -0.3 is 10.6 Å². The van der Waals surface area contributed by atoms with Crippen molar-refractivity contribution in [1.29, 1.82) is 5.26 Å². The highest BCUT2D eigenvalue weighted by Gasteiger charge is 2.11. The molecule has 3 rings (SSSR count). The molecule has 2 N–H and O–H groups in total. The lowest BCUT2D eigenvalue weighted by molar-refractivity contribution is -0.112. The molecule has 0 saturated carbocycles. The summed E-state index contributed by atoms with van der Waals surface area (Å²) < 4.78 is 0. The van der Waals surface area contributed by atoms with Crippen molar-refractivity contribution in [2.75, 3.05) is 5.32 Å². The zero-order chi connectivity index (χ0) is 22.2. The minimum absolute atomic E-state index is 0.0605. The number of pyridine rings is 1. The van der Waals surface area contributed by atoms with Crippen LogP contribution in [-0.4, -0.2) is 16.8 Å². The molecule has 0 spiro atoms. The maximum atomic E-state index is 12.4. The molecule has 0 bridgehead atoms. The molecule has 2 aromatic carbocycles. The molecule has 0 unspecified atom stereocenters. The molecular weight excluding hydrogens is 435 g/mol. The number of carbonyl (C=O) groups excluding carboxylic acids is 2. The van der Waals surface area contributed by atoms with Gasteiger partial charge in [0.15, 0.2) is 0 Å². The summed E-state index contributed by atoms with van der Waals surface area (Å²) in [6, 6.07) is 16.7. The normalized spacial score (nSPS) is 10.8. The van der Waals surface area contributed by atoms with Crippen molar-refractivity contribution in [2.24, 2.45) is 0 Å². The Hall–Kier alpha value is -3.66. The predicted molar refractivity (Wildman–Crippen MR) is 121 cm³/mol. The lowest BCUT2D eigenvalue weighted by atomic mass is 10.1. The largest absolute Gasteiger partial charge is 0.348 e. The fourth-order valence-electron chi connectivity index (χ4n) is 2.62. The maximum absolute atomic E-state index is 12.4. The van der Waals surface area contributed by atoms with Crippen molar-refractivity contribution in [3.8, 4) is 6.07 Å². The Labute approximate surface area is 189 Å². The average Bonchev–Trinajstić information content (AvgIpc) is 2.77. The van der Waals surface area contributed by atoms with E-state index in [9.17, 15) is 14.9 Å². The van der Waals surface area contributed by atoms with Crippen LogP contribution in [0.25, 0.3) is 6.08 Å². The van der Waals surface area contributed by atoms with Gasteiger partial charge in [0, 0.05) is 40.2 Å². The van der Waals surface area contributed by atoms with E-state index < -0.39 is 5.91 Å². The van der Waals surface area contributed by atoms with Gasteiger partial charge in [-0.05, 0) is 59.7 Å². The molecule has 0 aliphatic rings. The van der Waals surface area contributed by atoms with Gasteiger partial charge in [0.25, 0.3) is 11.8 Å². The maximum Gasteiger partial charge on any atom is 0.266 e. The van der Waals surface area contributed by atoms with E-state index in [4.69, 9.17) is 23.2 Å². The van der Waals surface area contributed by atoms with Gasteiger partial charge in [-0.1, -0.05) is 35.3 Å². The number of halogens is 2. The minimum Gasteiger partial charge on any atom is -0.348 e. The summed E-state index contributed by atoms with van der Waals surface area (Å²) in [6.07, 6.45) is 4.60. The molecule has 0 aliphatic heterocycles. The molecule has 3 aromatic rings. The van der Waals surface area contributed by atoms with Crippen LogP contribution < -0.4 is 10.6 Å². The first kappa shape index (κ1) is 22.0. The number of nitriles is 1. The number of rotatable bonds is 6. The third kappa shape index (κ3) is 6.16. The van der Waals surface area contributed by atoms with Gasteiger partial charge in [-0.2, -0.15) is 5.26 Å². The van der Waals surface area contributed by atoms with E-state index in [0.29, 0.717) is 26.9 Å². The second kappa shape index (κ2) is 10.4. The second-order valence-corrected chi connectivity index (χ2v) is 7.25. The van der Waals surface area contributed by atoms with Crippen molar-refractivity contribution in [1.82, 2.24) is 10.3 Å². The van der Waals surface area contributed by atoms with E-state index in [1.54, 1.807) is 67.0 Å². The van der Waals surface area contributed by atoms with E-state index in [2.05, 4.69) is 15.6 Å². The first-order valence-corrected chi connectivity index (χ1v) is 9.87. The minimum atomic E-state index is -0.555. The summed E-state index contributed by atoms with van der Waals surface area (Å²) in [4.78, 5) is 28.7. The molecule has 0 saturated heterocycles. The van der Waals surface area contributed by atoms with Crippen LogP contribution in [0.15, 0.2) is 72.6 Å². The standard InChI is InChI=1S/C23H16Cl2N4O2/c24-19-6-3-17(21(25)11-19)14-28-22(30)16-4-7-20(8-5-16)29-23(31)18(12-26)10-15-2-1-9-27-13-15/h1-11,13H,14H2,(H,28,30)(H,29,31)/b18-10+. The molecule has 0 radical (unpaired) electrons. The highest BCUT2D eigenvalue weighted by atomic mass is 35.5. The molecule has 2 amide bonds. The Balaban J connectivity index is 1.61. The smallest absolute Gasteiger partial charge is 0.266 e. The highest BCUT2D eigenvalue weighted by Crippen LogP contribution is 2.21. The lowest BCUT2D eigenvalue weighted by Crippen LogP contribution is -2.23. The SMILES string of the molecule is N#C/C(=C\c1cccnc1)C(=O)Nc1ccc(C(=O)NCc2ccc(Cl)cc2Cl)cc1. The number of carbonyl (C=O) groups is 2. The Morgan fingerprint density at radius 2 is 1.87 bits per heavy atom. The fourth-order valence-corrected chi connectivity index (χ4v) is 3.10. The number of hydrogen-bond acceptors (Lipinski definition) is 4. The summed E-state index contributed by atoms with van der Waals surface area (Å²) in [5.41, 5.74) is 2.19. The van der Waals surface area contributed by atoms with Gasteiger partial charge in [-0.15, -0.1) is 0 Å². The Morgan fingerprint density at radius 1 is 1.10 bits per heavy atom. The summed E-state index contributed by atoms with van der Waals surface area (Å²) in [6.45, 7) is 0.248. The quantitative estimate of drug-likeness (QED) is 0.413. The monoisotopic (exact) mass is 450 g/mol. The molecule has 8 heteroatoms. The summed E-state index contributed by atoms with van der Waals surface area (Å²) >= 11 is 12.0. The first-order valence-electron chi connectivity index (χ1n) is 9.11. The van der Waals surface area contributed by atoms with Crippen LogP contribution in [0.2, 0.25) is 10.0 Å². The number of nitrogens with one attached hydrogen (secondary N) is 2. The first-order chi connectivity index (χ1) is 15.0. The van der Waals surface area contributed by atoms with Crippen LogP contribution in [0, 0.1) is 11.3 Å². The summed E-state index contributed by atoms with van der Waals surface area (Å²) in [5.74, 6) is -0.848. The molecular formula is C23H16Cl2N4O2. The van der Waals surface area contributed by atoms with Crippen molar-refractivity contribution in [2.45, 2.75) is 6.54 Å². The zero-order valence-electron chi connectivity index (χ0n) is 16.1. The van der Waals surface area contributed by atoms with Gasteiger partial charge in [-0.25, -0.2) is 0 Å². The van der Waals surface area contributed by atoms with Crippen LogP contribution in [0.4, 0.5) is 5.69 Å². The Bertz CT molecular complexity index is 1170. The van der Waals surface area contributed by atoms with Crippen molar-refractivity contribution < 1.29 is 9.59 Å². The lowest BCUT2D eigenvalue weighted by Gasteiger charge is -2.09. The summed E-state index contributed by atoms with van der Waals surface area (Å²) in [5, 5.41) is 15.7. The summed E-state index contributed by atoms with van der Waals surface area (Å²) in [7, 11) is 0. The Morgan fingerprint density at radius 3 is 2.52 bits per heavy atom. The van der Waals surface area contributed by atoms with Gasteiger partial charge in [0.05, 0.1) is 0 Å². The van der Waals surface area contributed by atoms with E-state index in [1.165, 1.54) is 6.08 Å². The fraction of sp³-hybridized carbons (Fsp3) is 0.0435. The van der Waals surface area contributed by atoms with Gasteiger partial charge in [0.1, 0.15) is 11.6 Å². The van der Waals surface area contributed by atoms with Crippen LogP contribution in [0.1, 0.15) is 21.5 Å². The van der Waals surface area contributed by atoms with Gasteiger partial charge in [-0.3, -0.25) is 14.6 Å². The molecule has 0 fully saturated rings. The molecule has 1 aromatic heterocycles. The Kier molecular flexibility index (Phi) is 7.39.